The minimum absolute atomic E-state index is 0.138. The summed E-state index contributed by atoms with van der Waals surface area (Å²) in [5, 5.41) is 2.82. The zero-order chi connectivity index (χ0) is 21.3. The number of carbonyl (C=O) groups excluding carboxylic acids is 1. The molecule has 0 spiro atoms. The summed E-state index contributed by atoms with van der Waals surface area (Å²) in [5.74, 6) is 0.335. The van der Waals surface area contributed by atoms with Crippen LogP contribution < -0.4 is 14.4 Å². The summed E-state index contributed by atoms with van der Waals surface area (Å²) in [5.41, 5.74) is 1.77. The number of hydrogen-bond donors (Lipinski definition) is 1. The smallest absolute Gasteiger partial charge is 0.251 e. The number of rotatable bonds is 11. The molecule has 0 aliphatic carbocycles. The van der Waals surface area contributed by atoms with Crippen molar-refractivity contribution in [3.8, 4) is 5.75 Å². The van der Waals surface area contributed by atoms with Gasteiger partial charge >= 0.3 is 0 Å². The predicted octanol–water partition coefficient (Wildman–Crippen LogP) is 2.82. The maximum absolute atomic E-state index is 12.4. The van der Waals surface area contributed by atoms with Gasteiger partial charge in [-0.25, -0.2) is 8.42 Å². The second kappa shape index (κ2) is 10.8. The van der Waals surface area contributed by atoms with Crippen LogP contribution in [0.5, 0.6) is 5.75 Å². The molecule has 158 valence electrons. The highest BCUT2D eigenvalue weighted by atomic mass is 32.2. The minimum atomic E-state index is -3.54. The van der Waals surface area contributed by atoms with Gasteiger partial charge in [0.1, 0.15) is 5.75 Å². The molecular weight excluding hydrogens is 392 g/mol. The first-order valence-corrected chi connectivity index (χ1v) is 11.3. The monoisotopic (exact) mass is 420 g/mol. The quantitative estimate of drug-likeness (QED) is 0.565. The summed E-state index contributed by atoms with van der Waals surface area (Å²) < 4.78 is 36.7. The van der Waals surface area contributed by atoms with Crippen LogP contribution in [0.2, 0.25) is 0 Å². The second-order valence-corrected chi connectivity index (χ2v) is 8.38. The Morgan fingerprint density at radius 2 is 1.79 bits per heavy atom. The first-order valence-electron chi connectivity index (χ1n) is 9.42. The molecule has 0 saturated carbocycles. The van der Waals surface area contributed by atoms with Crippen LogP contribution in [-0.2, 0) is 21.3 Å². The van der Waals surface area contributed by atoms with Crippen LogP contribution in [0.1, 0.15) is 29.3 Å². The van der Waals surface area contributed by atoms with E-state index in [4.69, 9.17) is 9.47 Å². The molecule has 29 heavy (non-hydrogen) atoms. The Labute approximate surface area is 172 Å². The molecule has 0 heterocycles. The molecule has 0 aliphatic rings. The van der Waals surface area contributed by atoms with Gasteiger partial charge in [-0.2, -0.15) is 0 Å². The summed E-state index contributed by atoms with van der Waals surface area (Å²) in [6, 6.07) is 13.9. The molecule has 0 fully saturated rings. The van der Waals surface area contributed by atoms with Crippen molar-refractivity contribution < 1.29 is 22.7 Å². The summed E-state index contributed by atoms with van der Waals surface area (Å²) in [7, 11) is -1.92. The van der Waals surface area contributed by atoms with Gasteiger partial charge in [0.25, 0.3) is 5.91 Å². The highest BCUT2D eigenvalue weighted by Crippen LogP contribution is 2.31. The van der Waals surface area contributed by atoms with Crippen molar-refractivity contribution in [3.63, 3.8) is 0 Å². The zero-order valence-electron chi connectivity index (χ0n) is 17.1. The van der Waals surface area contributed by atoms with Crippen molar-refractivity contribution in [3.05, 3.63) is 59.7 Å². The summed E-state index contributed by atoms with van der Waals surface area (Å²) in [6.07, 6.45) is 1.90. The first kappa shape index (κ1) is 22.7. The van der Waals surface area contributed by atoms with Crippen LogP contribution >= 0.6 is 0 Å². The van der Waals surface area contributed by atoms with Crippen molar-refractivity contribution in [1.29, 1.82) is 0 Å². The number of sulfonamides is 1. The molecule has 0 atom stereocenters. The molecular formula is C21H28N2O5S. The van der Waals surface area contributed by atoms with E-state index in [0.717, 1.165) is 18.2 Å². The fourth-order valence-corrected chi connectivity index (χ4v) is 3.66. The van der Waals surface area contributed by atoms with Gasteiger partial charge in [-0.1, -0.05) is 24.3 Å². The van der Waals surface area contributed by atoms with Crippen LogP contribution in [0.4, 0.5) is 5.69 Å². The topological polar surface area (TPSA) is 84.9 Å². The lowest BCUT2D eigenvalue weighted by Gasteiger charge is -2.24. The molecule has 0 radical (unpaired) electrons. The van der Waals surface area contributed by atoms with Crippen molar-refractivity contribution in [1.82, 2.24) is 5.32 Å². The van der Waals surface area contributed by atoms with Crippen LogP contribution in [0.25, 0.3) is 0 Å². The average molecular weight is 421 g/mol. The van der Waals surface area contributed by atoms with E-state index in [9.17, 15) is 13.2 Å². The van der Waals surface area contributed by atoms with Crippen molar-refractivity contribution in [2.24, 2.45) is 0 Å². The van der Waals surface area contributed by atoms with E-state index in [-0.39, 0.29) is 12.5 Å². The van der Waals surface area contributed by atoms with Crippen molar-refractivity contribution >= 4 is 21.6 Å². The van der Waals surface area contributed by atoms with E-state index in [0.29, 0.717) is 36.8 Å². The van der Waals surface area contributed by atoms with Gasteiger partial charge in [0.05, 0.1) is 25.1 Å². The Bertz CT molecular complexity index is 898. The minimum Gasteiger partial charge on any atom is -0.492 e. The molecule has 2 aromatic carbocycles. The number of carbonyl (C=O) groups is 1. The molecule has 0 bridgehead atoms. The third kappa shape index (κ3) is 6.76. The molecule has 1 N–H and O–H groups in total. The summed E-state index contributed by atoms with van der Waals surface area (Å²) in [4.78, 5) is 12.2. The van der Waals surface area contributed by atoms with E-state index < -0.39 is 10.0 Å². The third-order valence-corrected chi connectivity index (χ3v) is 5.31. The Morgan fingerprint density at radius 3 is 2.41 bits per heavy atom. The van der Waals surface area contributed by atoms with Gasteiger partial charge in [-0.05, 0) is 43.2 Å². The van der Waals surface area contributed by atoms with Gasteiger partial charge < -0.3 is 14.8 Å². The fraction of sp³-hybridized carbons (Fsp3) is 0.381. The number of nitrogens with zero attached hydrogens (tertiary/aromatic N) is 1. The normalized spacial score (nSPS) is 11.1. The Hall–Kier alpha value is -2.58. The van der Waals surface area contributed by atoms with Crippen LogP contribution in [0.15, 0.2) is 48.5 Å². The number of para-hydroxylation sites is 2. The number of amides is 1. The maximum Gasteiger partial charge on any atom is 0.251 e. The van der Waals surface area contributed by atoms with Gasteiger partial charge in [0.2, 0.25) is 10.0 Å². The van der Waals surface area contributed by atoms with Gasteiger partial charge in [-0.15, -0.1) is 0 Å². The van der Waals surface area contributed by atoms with E-state index in [1.807, 2.05) is 6.92 Å². The molecule has 0 aliphatic heterocycles. The summed E-state index contributed by atoms with van der Waals surface area (Å²) in [6.45, 7) is 3.54. The number of anilines is 1. The molecule has 2 rings (SSSR count). The molecule has 7 nitrogen and oxygen atoms in total. The average Bonchev–Trinajstić information content (AvgIpc) is 2.70. The Kier molecular flexibility index (Phi) is 8.48. The van der Waals surface area contributed by atoms with E-state index in [1.54, 1.807) is 55.6 Å². The number of nitrogens with one attached hydrogen (secondary N) is 1. The van der Waals surface area contributed by atoms with Crippen LogP contribution in [-0.4, -0.2) is 47.4 Å². The number of hydrogen-bond acceptors (Lipinski definition) is 5. The lowest BCUT2D eigenvalue weighted by atomic mass is 10.1. The van der Waals surface area contributed by atoms with E-state index in [1.165, 1.54) is 4.31 Å². The van der Waals surface area contributed by atoms with Crippen LogP contribution in [0, 0.1) is 0 Å². The van der Waals surface area contributed by atoms with Gasteiger partial charge in [-0.3, -0.25) is 9.10 Å². The Balaban J connectivity index is 2.16. The highest BCUT2D eigenvalue weighted by Gasteiger charge is 2.21. The molecule has 0 aromatic heterocycles. The molecule has 0 saturated heterocycles. The van der Waals surface area contributed by atoms with Crippen molar-refractivity contribution in [2.45, 2.75) is 19.9 Å². The predicted molar refractivity (Wildman–Crippen MR) is 114 cm³/mol. The largest absolute Gasteiger partial charge is 0.492 e. The van der Waals surface area contributed by atoms with Crippen molar-refractivity contribution in [2.75, 3.05) is 37.4 Å². The second-order valence-electron chi connectivity index (χ2n) is 6.47. The van der Waals surface area contributed by atoms with E-state index >= 15 is 0 Å². The maximum atomic E-state index is 12.4. The Morgan fingerprint density at radius 1 is 1.10 bits per heavy atom. The fourth-order valence-electron chi connectivity index (χ4n) is 2.77. The van der Waals surface area contributed by atoms with Gasteiger partial charge in [0, 0.05) is 25.8 Å². The lowest BCUT2D eigenvalue weighted by molar-refractivity contribution is 0.0948. The molecule has 0 unspecified atom stereocenters. The summed E-state index contributed by atoms with van der Waals surface area (Å²) >= 11 is 0. The third-order valence-electron chi connectivity index (χ3n) is 4.19. The lowest BCUT2D eigenvalue weighted by Crippen LogP contribution is -2.30. The van der Waals surface area contributed by atoms with E-state index in [2.05, 4.69) is 5.32 Å². The number of methoxy groups -OCH3 is 1. The first-order chi connectivity index (χ1) is 13.9. The molecule has 1 amide bonds. The number of benzene rings is 2. The molecule has 2 aromatic rings. The standard InChI is InChI=1S/C21H28N2O5S/c1-4-28-20-9-6-5-8-19(20)23(29(3,25)26)16-17-10-12-18(13-11-17)21(24)22-14-7-15-27-2/h5-6,8-13H,4,7,14-16H2,1-3H3,(H,22,24). The number of ether oxygens (including phenoxy) is 2. The SMILES string of the molecule is CCOc1ccccc1N(Cc1ccc(C(=O)NCCCOC)cc1)S(C)(=O)=O. The van der Waals surface area contributed by atoms with Crippen LogP contribution in [0.3, 0.4) is 0 Å². The van der Waals surface area contributed by atoms with Gasteiger partial charge in [0.15, 0.2) is 0 Å². The molecule has 8 heteroatoms. The zero-order valence-corrected chi connectivity index (χ0v) is 17.9. The highest BCUT2D eigenvalue weighted by molar-refractivity contribution is 7.92.